The van der Waals surface area contributed by atoms with Gasteiger partial charge in [-0.25, -0.2) is 0 Å². The summed E-state index contributed by atoms with van der Waals surface area (Å²) in [5.41, 5.74) is 3.50. The van der Waals surface area contributed by atoms with Crippen LogP contribution < -0.4 is 0 Å². The van der Waals surface area contributed by atoms with Crippen LogP contribution in [0.25, 0.3) is 0 Å². The topological polar surface area (TPSA) is 20.2 Å². The maximum Gasteiger partial charge on any atom is 0.0596 e. The zero-order valence-electron chi connectivity index (χ0n) is 15.5. The van der Waals surface area contributed by atoms with E-state index in [4.69, 9.17) is 0 Å². The van der Waals surface area contributed by atoms with Gasteiger partial charge in [0.25, 0.3) is 0 Å². The molecular formula is C23H34O. The second-order valence-electron chi connectivity index (χ2n) is 9.33. The van der Waals surface area contributed by atoms with Gasteiger partial charge in [0.15, 0.2) is 0 Å². The van der Waals surface area contributed by atoms with E-state index in [9.17, 15) is 5.11 Å². The van der Waals surface area contributed by atoms with Crippen LogP contribution in [0, 0.1) is 35.0 Å². The minimum atomic E-state index is -0.0487. The summed E-state index contributed by atoms with van der Waals surface area (Å²) in [6, 6.07) is 0. The van der Waals surface area contributed by atoms with Crippen molar-refractivity contribution in [2.45, 2.75) is 71.3 Å². The lowest BCUT2D eigenvalue weighted by Crippen LogP contribution is -2.50. The zero-order valence-corrected chi connectivity index (χ0v) is 15.5. The summed E-state index contributed by atoms with van der Waals surface area (Å²) in [4.78, 5) is 0. The monoisotopic (exact) mass is 326 g/mol. The third-order valence-electron chi connectivity index (χ3n) is 8.20. The van der Waals surface area contributed by atoms with E-state index in [-0.39, 0.29) is 11.5 Å². The summed E-state index contributed by atoms with van der Waals surface area (Å²) in [7, 11) is 0. The second kappa shape index (κ2) is 6.16. The summed E-state index contributed by atoms with van der Waals surface area (Å²) >= 11 is 0. The minimum absolute atomic E-state index is 0.0487. The third-order valence-corrected chi connectivity index (χ3v) is 8.20. The average molecular weight is 327 g/mol. The number of fused-ring (bicyclic) bond motifs is 5. The molecule has 0 aromatic carbocycles. The fraction of sp³-hybridized carbons (Fsp3) is 0.739. The molecule has 0 aliphatic heterocycles. The predicted molar refractivity (Wildman–Crippen MR) is 101 cm³/mol. The smallest absolute Gasteiger partial charge is 0.0596 e. The Labute approximate surface area is 147 Å². The van der Waals surface area contributed by atoms with Gasteiger partial charge in [-0.1, -0.05) is 43.2 Å². The molecule has 0 heterocycles. The highest BCUT2D eigenvalue weighted by atomic mass is 16.3. The molecular weight excluding hydrogens is 292 g/mol. The SMILES string of the molecule is C=CCC=C1C=C2C[C@@H](C)[C@@H]3[C@H](CC[C@]4(C)[C@@H](O)CC[C@@H]34)[C@H]2CC1. The molecule has 0 unspecified atom stereocenters. The Morgan fingerprint density at radius 3 is 2.92 bits per heavy atom. The first-order chi connectivity index (χ1) is 11.5. The molecule has 1 nitrogen and oxygen atoms in total. The van der Waals surface area contributed by atoms with Gasteiger partial charge in [0.05, 0.1) is 6.10 Å². The van der Waals surface area contributed by atoms with Crippen molar-refractivity contribution in [3.63, 3.8) is 0 Å². The second-order valence-corrected chi connectivity index (χ2v) is 9.33. The highest BCUT2D eigenvalue weighted by molar-refractivity contribution is 5.32. The Kier molecular flexibility index (Phi) is 4.27. The lowest BCUT2D eigenvalue weighted by atomic mass is 9.49. The molecule has 0 spiro atoms. The Morgan fingerprint density at radius 2 is 2.12 bits per heavy atom. The predicted octanol–water partition coefficient (Wildman–Crippen LogP) is 5.67. The first-order valence-corrected chi connectivity index (χ1v) is 10.2. The van der Waals surface area contributed by atoms with Crippen molar-refractivity contribution in [2.24, 2.45) is 35.0 Å². The largest absolute Gasteiger partial charge is 0.393 e. The van der Waals surface area contributed by atoms with Crippen LogP contribution in [0.4, 0.5) is 0 Å². The molecule has 1 N–H and O–H groups in total. The third kappa shape index (κ3) is 2.46. The highest BCUT2D eigenvalue weighted by Gasteiger charge is 2.57. The number of rotatable bonds is 2. The first kappa shape index (κ1) is 16.6. The number of allylic oxidation sites excluding steroid dienone is 5. The molecule has 1 heteroatoms. The first-order valence-electron chi connectivity index (χ1n) is 10.2. The van der Waals surface area contributed by atoms with E-state index in [1.165, 1.54) is 38.5 Å². The Hall–Kier alpha value is -0.820. The van der Waals surface area contributed by atoms with Crippen molar-refractivity contribution >= 4 is 0 Å². The Morgan fingerprint density at radius 1 is 1.29 bits per heavy atom. The highest BCUT2D eigenvalue weighted by Crippen LogP contribution is 2.63. The molecule has 0 radical (unpaired) electrons. The lowest BCUT2D eigenvalue weighted by molar-refractivity contribution is -0.0701. The fourth-order valence-electron chi connectivity index (χ4n) is 7.01. The molecule has 3 fully saturated rings. The number of hydrogen-bond acceptors (Lipinski definition) is 1. The van der Waals surface area contributed by atoms with Crippen LogP contribution in [0.2, 0.25) is 0 Å². The normalized spacial score (nSPS) is 49.1. The summed E-state index contributed by atoms with van der Waals surface area (Å²) in [5, 5.41) is 10.6. The Bertz CT molecular complexity index is 571. The summed E-state index contributed by atoms with van der Waals surface area (Å²) in [6.45, 7) is 8.73. The van der Waals surface area contributed by atoms with Gasteiger partial charge in [-0.05, 0) is 86.4 Å². The molecule has 0 bridgehead atoms. The van der Waals surface area contributed by atoms with Gasteiger partial charge in [-0.15, -0.1) is 6.58 Å². The van der Waals surface area contributed by atoms with Gasteiger partial charge in [0.2, 0.25) is 0 Å². The van der Waals surface area contributed by atoms with E-state index in [0.717, 1.165) is 42.4 Å². The van der Waals surface area contributed by atoms with Crippen LogP contribution >= 0.6 is 0 Å². The number of aliphatic hydroxyl groups excluding tert-OH is 1. The van der Waals surface area contributed by atoms with Crippen LogP contribution in [0.3, 0.4) is 0 Å². The Balaban J connectivity index is 1.61. The molecule has 24 heavy (non-hydrogen) atoms. The van der Waals surface area contributed by atoms with E-state index in [1.54, 1.807) is 11.1 Å². The van der Waals surface area contributed by atoms with Gasteiger partial charge in [0.1, 0.15) is 0 Å². The molecule has 0 amide bonds. The van der Waals surface area contributed by atoms with E-state index >= 15 is 0 Å². The van der Waals surface area contributed by atoms with Gasteiger partial charge in [-0.3, -0.25) is 0 Å². The van der Waals surface area contributed by atoms with Crippen molar-refractivity contribution in [1.82, 2.24) is 0 Å². The van der Waals surface area contributed by atoms with Gasteiger partial charge >= 0.3 is 0 Å². The van der Waals surface area contributed by atoms with Gasteiger partial charge in [-0.2, -0.15) is 0 Å². The molecule has 0 saturated heterocycles. The lowest BCUT2D eigenvalue weighted by Gasteiger charge is -2.56. The van der Waals surface area contributed by atoms with Crippen LogP contribution in [0.1, 0.15) is 65.2 Å². The fourth-order valence-corrected chi connectivity index (χ4v) is 7.01. The summed E-state index contributed by atoms with van der Waals surface area (Å²) in [5.74, 6) is 4.10. The molecule has 4 aliphatic carbocycles. The van der Waals surface area contributed by atoms with Crippen LogP contribution in [-0.4, -0.2) is 11.2 Å². The molecule has 4 aliphatic rings. The number of hydrogen-bond donors (Lipinski definition) is 1. The van der Waals surface area contributed by atoms with Crippen molar-refractivity contribution < 1.29 is 5.11 Å². The zero-order chi connectivity index (χ0) is 16.9. The van der Waals surface area contributed by atoms with E-state index in [0.29, 0.717) is 0 Å². The van der Waals surface area contributed by atoms with Crippen LogP contribution in [0.15, 0.2) is 36.0 Å². The summed E-state index contributed by atoms with van der Waals surface area (Å²) < 4.78 is 0. The van der Waals surface area contributed by atoms with E-state index in [1.807, 2.05) is 6.08 Å². The average Bonchev–Trinajstić information content (AvgIpc) is 2.88. The van der Waals surface area contributed by atoms with Crippen molar-refractivity contribution in [1.29, 1.82) is 0 Å². The maximum atomic E-state index is 10.6. The molecule has 0 aromatic rings. The molecule has 4 rings (SSSR count). The molecule has 132 valence electrons. The molecule has 0 aromatic heterocycles. The van der Waals surface area contributed by atoms with E-state index in [2.05, 4.69) is 32.6 Å². The minimum Gasteiger partial charge on any atom is -0.393 e. The summed E-state index contributed by atoms with van der Waals surface area (Å²) in [6.07, 6.45) is 16.7. The van der Waals surface area contributed by atoms with Crippen molar-refractivity contribution in [3.05, 3.63) is 36.0 Å². The standard InChI is InChI=1S/C23H34O/c1-4-5-6-16-7-8-18-17(14-16)13-15(2)22-19(18)11-12-23(3)20(22)9-10-21(23)24/h4,6,14-15,18-22,24H,1,5,7-13H2,2-3H3/t15-,18+,19-,20+,21+,22-,23+/m1/s1. The van der Waals surface area contributed by atoms with Crippen LogP contribution in [0.5, 0.6) is 0 Å². The van der Waals surface area contributed by atoms with E-state index < -0.39 is 0 Å². The van der Waals surface area contributed by atoms with Gasteiger partial charge < -0.3 is 5.11 Å². The molecule has 3 saturated carbocycles. The quantitative estimate of drug-likeness (QED) is 0.648. The molecule has 7 atom stereocenters. The number of aliphatic hydroxyl groups is 1. The van der Waals surface area contributed by atoms with Gasteiger partial charge in [0, 0.05) is 0 Å². The maximum absolute atomic E-state index is 10.6. The van der Waals surface area contributed by atoms with Crippen molar-refractivity contribution in [3.8, 4) is 0 Å². The van der Waals surface area contributed by atoms with Crippen LogP contribution in [-0.2, 0) is 0 Å². The van der Waals surface area contributed by atoms with Crippen molar-refractivity contribution in [2.75, 3.05) is 0 Å².